The van der Waals surface area contributed by atoms with Crippen molar-refractivity contribution in [3.05, 3.63) is 53.4 Å². The second-order valence-corrected chi connectivity index (χ2v) is 6.36. The molecule has 0 aliphatic carbocycles. The molecule has 8 heteroatoms. The third-order valence-electron chi connectivity index (χ3n) is 3.22. The van der Waals surface area contributed by atoms with Crippen molar-refractivity contribution in [2.24, 2.45) is 0 Å². The number of aromatic nitrogens is 2. The highest BCUT2D eigenvalue weighted by molar-refractivity contribution is 7.99. The molecule has 0 N–H and O–H groups in total. The van der Waals surface area contributed by atoms with E-state index in [0.29, 0.717) is 22.7 Å². The molecule has 0 bridgehead atoms. The number of rotatable bonds is 6. The lowest BCUT2D eigenvalue weighted by atomic mass is 10.2. The molecule has 2 aromatic heterocycles. The summed E-state index contributed by atoms with van der Waals surface area (Å²) in [5.74, 6) is 1.28. The number of furan rings is 1. The summed E-state index contributed by atoms with van der Waals surface area (Å²) in [4.78, 5) is 13.7. The largest absolute Gasteiger partial charge is 0.467 e. The number of amides is 1. The van der Waals surface area contributed by atoms with E-state index in [0.717, 1.165) is 11.3 Å². The first kappa shape index (κ1) is 16.6. The molecule has 24 heavy (non-hydrogen) atoms. The van der Waals surface area contributed by atoms with Crippen LogP contribution in [0.1, 0.15) is 5.76 Å². The third kappa shape index (κ3) is 4.18. The van der Waals surface area contributed by atoms with E-state index in [1.165, 1.54) is 11.8 Å². The normalized spacial score (nSPS) is 10.8. The van der Waals surface area contributed by atoms with E-state index in [2.05, 4.69) is 10.2 Å². The van der Waals surface area contributed by atoms with Gasteiger partial charge in [-0.25, -0.2) is 0 Å². The summed E-state index contributed by atoms with van der Waals surface area (Å²) in [6, 6.07) is 10.7. The quantitative estimate of drug-likeness (QED) is 0.621. The predicted molar refractivity (Wildman–Crippen MR) is 90.7 cm³/mol. The highest BCUT2D eigenvalue weighted by Gasteiger charge is 2.14. The minimum absolute atomic E-state index is 0.0531. The molecule has 0 unspecified atom stereocenters. The van der Waals surface area contributed by atoms with Crippen molar-refractivity contribution in [2.45, 2.75) is 11.8 Å². The molecule has 1 aromatic carbocycles. The summed E-state index contributed by atoms with van der Waals surface area (Å²) < 4.78 is 10.8. The van der Waals surface area contributed by atoms with Gasteiger partial charge in [0.2, 0.25) is 11.8 Å². The Balaban J connectivity index is 1.55. The lowest BCUT2D eigenvalue weighted by Crippen LogP contribution is -2.27. The van der Waals surface area contributed by atoms with Crippen molar-refractivity contribution >= 4 is 29.3 Å². The Morgan fingerprint density at radius 1 is 1.25 bits per heavy atom. The van der Waals surface area contributed by atoms with Crippen LogP contribution in [-0.2, 0) is 11.3 Å². The zero-order valence-electron chi connectivity index (χ0n) is 12.8. The Bertz CT molecular complexity index is 802. The van der Waals surface area contributed by atoms with Gasteiger partial charge >= 0.3 is 0 Å². The van der Waals surface area contributed by atoms with Crippen LogP contribution in [0.3, 0.4) is 0 Å². The maximum absolute atomic E-state index is 12.1. The van der Waals surface area contributed by atoms with Crippen molar-refractivity contribution in [1.82, 2.24) is 15.1 Å². The van der Waals surface area contributed by atoms with E-state index in [4.69, 9.17) is 20.4 Å². The molecule has 3 aromatic rings. The summed E-state index contributed by atoms with van der Waals surface area (Å²) in [5.41, 5.74) is 0.778. The van der Waals surface area contributed by atoms with Crippen LogP contribution in [0.5, 0.6) is 0 Å². The summed E-state index contributed by atoms with van der Waals surface area (Å²) in [6.07, 6.45) is 1.58. The van der Waals surface area contributed by atoms with Crippen LogP contribution in [0.25, 0.3) is 11.5 Å². The van der Waals surface area contributed by atoms with Crippen molar-refractivity contribution in [2.75, 3.05) is 12.8 Å². The van der Waals surface area contributed by atoms with Crippen LogP contribution in [0.2, 0.25) is 5.02 Å². The molecule has 2 heterocycles. The molecule has 0 aliphatic heterocycles. The molecule has 124 valence electrons. The van der Waals surface area contributed by atoms with Crippen molar-refractivity contribution in [3.8, 4) is 11.5 Å². The van der Waals surface area contributed by atoms with Crippen LogP contribution in [-0.4, -0.2) is 33.8 Å². The minimum Gasteiger partial charge on any atom is -0.467 e. The van der Waals surface area contributed by atoms with Crippen molar-refractivity contribution < 1.29 is 13.6 Å². The fraction of sp³-hybridized carbons (Fsp3) is 0.188. The Morgan fingerprint density at radius 3 is 2.75 bits per heavy atom. The maximum Gasteiger partial charge on any atom is 0.277 e. The molecule has 0 spiro atoms. The number of nitrogens with zero attached hydrogens (tertiary/aromatic N) is 3. The van der Waals surface area contributed by atoms with Gasteiger partial charge in [-0.3, -0.25) is 4.79 Å². The average Bonchev–Trinajstić information content (AvgIpc) is 3.25. The Kier molecular flexibility index (Phi) is 5.22. The fourth-order valence-corrected chi connectivity index (χ4v) is 2.77. The zero-order chi connectivity index (χ0) is 16.9. The van der Waals surface area contributed by atoms with Gasteiger partial charge < -0.3 is 13.7 Å². The van der Waals surface area contributed by atoms with Crippen LogP contribution in [0.15, 0.2) is 56.7 Å². The maximum atomic E-state index is 12.1. The highest BCUT2D eigenvalue weighted by atomic mass is 35.5. The lowest BCUT2D eigenvalue weighted by Gasteiger charge is -2.14. The number of carbonyl (C=O) groups excluding carboxylic acids is 1. The molecule has 6 nitrogen and oxygen atoms in total. The van der Waals surface area contributed by atoms with Gasteiger partial charge in [0, 0.05) is 17.6 Å². The number of hydrogen-bond donors (Lipinski definition) is 0. The van der Waals surface area contributed by atoms with Gasteiger partial charge in [-0.15, -0.1) is 10.2 Å². The number of thioether (sulfide) groups is 1. The van der Waals surface area contributed by atoms with E-state index >= 15 is 0 Å². The number of halogens is 1. The number of benzene rings is 1. The van der Waals surface area contributed by atoms with Crippen molar-refractivity contribution in [3.63, 3.8) is 0 Å². The predicted octanol–water partition coefficient (Wildman–Crippen LogP) is 3.73. The molecular formula is C16H14ClN3O3S. The van der Waals surface area contributed by atoms with Gasteiger partial charge in [-0.05, 0) is 36.4 Å². The van der Waals surface area contributed by atoms with Gasteiger partial charge in [-0.2, -0.15) is 0 Å². The summed E-state index contributed by atoms with van der Waals surface area (Å²) in [6.45, 7) is 0.423. The van der Waals surface area contributed by atoms with Crippen molar-refractivity contribution in [1.29, 1.82) is 0 Å². The van der Waals surface area contributed by atoms with Crippen LogP contribution in [0, 0.1) is 0 Å². The Labute approximate surface area is 147 Å². The van der Waals surface area contributed by atoms with Crippen LogP contribution >= 0.6 is 23.4 Å². The third-order valence-corrected chi connectivity index (χ3v) is 4.27. The van der Waals surface area contributed by atoms with Gasteiger partial charge in [0.05, 0.1) is 18.6 Å². The summed E-state index contributed by atoms with van der Waals surface area (Å²) in [7, 11) is 1.72. The first-order valence-electron chi connectivity index (χ1n) is 7.10. The summed E-state index contributed by atoms with van der Waals surface area (Å²) >= 11 is 7.05. The van der Waals surface area contributed by atoms with E-state index in [9.17, 15) is 4.79 Å². The SMILES string of the molecule is CN(Cc1ccco1)C(=O)CSc1nnc(-c2ccc(Cl)cc2)o1. The lowest BCUT2D eigenvalue weighted by molar-refractivity contribution is -0.127. The molecule has 3 rings (SSSR count). The van der Waals surface area contributed by atoms with Gasteiger partial charge in [0.25, 0.3) is 5.22 Å². The van der Waals surface area contributed by atoms with E-state index in [-0.39, 0.29) is 11.7 Å². The first-order valence-corrected chi connectivity index (χ1v) is 8.47. The number of hydrogen-bond acceptors (Lipinski definition) is 6. The van der Waals surface area contributed by atoms with E-state index < -0.39 is 0 Å². The second-order valence-electron chi connectivity index (χ2n) is 5.00. The zero-order valence-corrected chi connectivity index (χ0v) is 14.4. The molecule has 0 saturated carbocycles. The first-order chi connectivity index (χ1) is 11.6. The fourth-order valence-electron chi connectivity index (χ4n) is 1.94. The van der Waals surface area contributed by atoms with Crippen LogP contribution < -0.4 is 0 Å². The Hall–Kier alpha value is -2.25. The number of carbonyl (C=O) groups is 1. The Morgan fingerprint density at radius 2 is 2.04 bits per heavy atom. The molecular weight excluding hydrogens is 350 g/mol. The van der Waals surface area contributed by atoms with Gasteiger partial charge in [0.15, 0.2) is 0 Å². The smallest absolute Gasteiger partial charge is 0.277 e. The highest BCUT2D eigenvalue weighted by Crippen LogP contribution is 2.24. The molecule has 0 fully saturated rings. The van der Waals surface area contributed by atoms with Gasteiger partial charge in [-0.1, -0.05) is 23.4 Å². The minimum atomic E-state index is -0.0531. The standard InChI is InChI=1S/C16H14ClN3O3S/c1-20(9-13-3-2-8-22-13)14(21)10-24-16-19-18-15(23-16)11-4-6-12(17)7-5-11/h2-8H,9-10H2,1H3. The van der Waals surface area contributed by atoms with E-state index in [1.54, 1.807) is 48.5 Å². The average molecular weight is 364 g/mol. The van der Waals surface area contributed by atoms with Gasteiger partial charge in [0.1, 0.15) is 5.76 Å². The van der Waals surface area contributed by atoms with Crippen LogP contribution in [0.4, 0.5) is 0 Å². The monoisotopic (exact) mass is 363 g/mol. The molecule has 0 radical (unpaired) electrons. The van der Waals surface area contributed by atoms with E-state index in [1.807, 2.05) is 6.07 Å². The summed E-state index contributed by atoms with van der Waals surface area (Å²) in [5, 5.41) is 8.91. The molecule has 0 saturated heterocycles. The molecule has 0 aliphatic rings. The second kappa shape index (κ2) is 7.55. The molecule has 0 atom stereocenters. The topological polar surface area (TPSA) is 72.4 Å². The molecule has 1 amide bonds.